The predicted molar refractivity (Wildman–Crippen MR) is 46.4 cm³/mol. The van der Waals surface area contributed by atoms with Crippen molar-refractivity contribution in [3.05, 3.63) is 11.0 Å². The van der Waals surface area contributed by atoms with Gasteiger partial charge in [-0.1, -0.05) is 0 Å². The number of carbonyl (C=O) groups excluding carboxylic acids is 1. The molecular formula is C7H10OSSe. The van der Waals surface area contributed by atoms with E-state index in [0.717, 1.165) is 12.7 Å². The molecule has 1 atom stereocenters. The van der Waals surface area contributed by atoms with Gasteiger partial charge in [0.2, 0.25) is 0 Å². The van der Waals surface area contributed by atoms with Crippen LogP contribution in [-0.2, 0) is 4.79 Å². The molecular weight excluding hydrogens is 211 g/mol. The SMILES string of the molecule is C[Se]C1(C=O)CC=C(C)S1. The van der Waals surface area contributed by atoms with Crippen molar-refractivity contribution >= 4 is 33.0 Å². The van der Waals surface area contributed by atoms with E-state index in [9.17, 15) is 4.79 Å². The third-order valence-electron chi connectivity index (χ3n) is 1.53. The zero-order valence-corrected chi connectivity index (χ0v) is 8.62. The van der Waals surface area contributed by atoms with Crippen LogP contribution >= 0.6 is 11.8 Å². The summed E-state index contributed by atoms with van der Waals surface area (Å²) in [6.07, 6.45) is 4.22. The van der Waals surface area contributed by atoms with Crippen molar-refractivity contribution in [1.29, 1.82) is 0 Å². The van der Waals surface area contributed by atoms with E-state index in [-0.39, 0.29) is 3.65 Å². The van der Waals surface area contributed by atoms with Gasteiger partial charge in [0.05, 0.1) is 0 Å². The van der Waals surface area contributed by atoms with Crippen LogP contribution in [-0.4, -0.2) is 24.9 Å². The summed E-state index contributed by atoms with van der Waals surface area (Å²) in [5.74, 6) is 2.13. The van der Waals surface area contributed by atoms with E-state index in [4.69, 9.17) is 0 Å². The van der Waals surface area contributed by atoms with Gasteiger partial charge in [0, 0.05) is 0 Å². The Kier molecular flexibility index (Phi) is 2.61. The first-order chi connectivity index (χ1) is 4.72. The van der Waals surface area contributed by atoms with Gasteiger partial charge in [-0.25, -0.2) is 0 Å². The van der Waals surface area contributed by atoms with Gasteiger partial charge in [0.1, 0.15) is 0 Å². The summed E-state index contributed by atoms with van der Waals surface area (Å²) in [7, 11) is 0. The fourth-order valence-corrected chi connectivity index (χ4v) is 3.98. The second-order valence-electron chi connectivity index (χ2n) is 2.25. The summed E-state index contributed by atoms with van der Waals surface area (Å²) < 4.78 is -0.0446. The van der Waals surface area contributed by atoms with Crippen molar-refractivity contribution in [3.63, 3.8) is 0 Å². The minimum atomic E-state index is -0.0446. The number of hydrogen-bond donors (Lipinski definition) is 0. The van der Waals surface area contributed by atoms with E-state index in [0.29, 0.717) is 15.0 Å². The van der Waals surface area contributed by atoms with Gasteiger partial charge in [-0.15, -0.1) is 0 Å². The van der Waals surface area contributed by atoms with E-state index >= 15 is 0 Å². The van der Waals surface area contributed by atoms with Crippen molar-refractivity contribution < 1.29 is 4.79 Å². The number of allylic oxidation sites excluding steroid dienone is 2. The van der Waals surface area contributed by atoms with Crippen LogP contribution in [0, 0.1) is 0 Å². The Hall–Kier alpha value is 0.279. The molecule has 1 rings (SSSR count). The molecule has 1 heterocycles. The van der Waals surface area contributed by atoms with Crippen LogP contribution in [0.4, 0.5) is 0 Å². The summed E-state index contributed by atoms with van der Waals surface area (Å²) in [4.78, 5) is 12.0. The molecule has 1 unspecified atom stereocenters. The van der Waals surface area contributed by atoms with E-state index in [1.807, 2.05) is 0 Å². The first-order valence-corrected chi connectivity index (χ1v) is 6.48. The Bertz CT molecular complexity index is 178. The molecule has 1 aliphatic rings. The molecule has 1 aliphatic heterocycles. The molecule has 0 aliphatic carbocycles. The molecule has 10 heavy (non-hydrogen) atoms. The molecule has 0 amide bonds. The second kappa shape index (κ2) is 3.12. The maximum atomic E-state index is 10.7. The van der Waals surface area contributed by atoms with Gasteiger partial charge in [-0.05, 0) is 0 Å². The second-order valence-corrected chi connectivity index (χ2v) is 6.80. The molecule has 0 radical (unpaired) electrons. The van der Waals surface area contributed by atoms with Gasteiger partial charge in [-0.2, -0.15) is 0 Å². The summed E-state index contributed by atoms with van der Waals surface area (Å²) in [6, 6.07) is 0. The number of hydrogen-bond acceptors (Lipinski definition) is 2. The Morgan fingerprint density at radius 3 is 2.80 bits per heavy atom. The van der Waals surface area contributed by atoms with Crippen LogP contribution in [0.2, 0.25) is 5.82 Å². The van der Waals surface area contributed by atoms with Crippen LogP contribution in [0.15, 0.2) is 11.0 Å². The summed E-state index contributed by atoms with van der Waals surface area (Å²) in [6.45, 7) is 2.07. The van der Waals surface area contributed by atoms with E-state index in [1.54, 1.807) is 11.8 Å². The molecule has 0 aromatic carbocycles. The third kappa shape index (κ3) is 1.47. The molecule has 0 bridgehead atoms. The van der Waals surface area contributed by atoms with Crippen molar-refractivity contribution in [1.82, 2.24) is 0 Å². The molecule has 0 aromatic heterocycles. The molecule has 56 valence electrons. The molecule has 1 nitrogen and oxygen atoms in total. The molecule has 0 saturated carbocycles. The minimum absolute atomic E-state index is 0.0446. The van der Waals surface area contributed by atoms with Crippen LogP contribution in [0.1, 0.15) is 13.3 Å². The average molecular weight is 221 g/mol. The maximum absolute atomic E-state index is 10.7. The normalized spacial score (nSPS) is 32.0. The van der Waals surface area contributed by atoms with Crippen LogP contribution < -0.4 is 0 Å². The Morgan fingerprint density at radius 2 is 2.60 bits per heavy atom. The molecule has 0 aromatic rings. The number of rotatable bonds is 2. The van der Waals surface area contributed by atoms with Crippen molar-refractivity contribution in [2.75, 3.05) is 0 Å². The molecule has 0 fully saturated rings. The number of aldehydes is 1. The van der Waals surface area contributed by atoms with Crippen LogP contribution in [0.5, 0.6) is 0 Å². The van der Waals surface area contributed by atoms with Crippen molar-refractivity contribution in [3.8, 4) is 0 Å². The first-order valence-electron chi connectivity index (χ1n) is 3.10. The molecule has 3 heteroatoms. The van der Waals surface area contributed by atoms with Crippen molar-refractivity contribution in [2.24, 2.45) is 0 Å². The van der Waals surface area contributed by atoms with Crippen molar-refractivity contribution in [2.45, 2.75) is 22.8 Å². The van der Waals surface area contributed by atoms with E-state index < -0.39 is 0 Å². The fraction of sp³-hybridized carbons (Fsp3) is 0.571. The Balaban J connectivity index is 2.65. The predicted octanol–water partition coefficient (Wildman–Crippen LogP) is 1.67. The molecule has 0 spiro atoms. The first kappa shape index (κ1) is 8.38. The van der Waals surface area contributed by atoms with Gasteiger partial charge >= 0.3 is 71.6 Å². The topological polar surface area (TPSA) is 17.1 Å². The van der Waals surface area contributed by atoms with E-state index in [1.165, 1.54) is 4.91 Å². The third-order valence-corrected chi connectivity index (χ3v) is 6.02. The zero-order chi connectivity index (χ0) is 7.61. The fourth-order valence-electron chi connectivity index (χ4n) is 0.887. The van der Waals surface area contributed by atoms with Gasteiger partial charge in [0.25, 0.3) is 0 Å². The van der Waals surface area contributed by atoms with Crippen LogP contribution in [0.25, 0.3) is 0 Å². The summed E-state index contributed by atoms with van der Waals surface area (Å²) in [5, 5.41) is 0. The molecule has 0 N–H and O–H groups in total. The quantitative estimate of drug-likeness (QED) is 0.521. The molecule has 0 saturated heterocycles. The number of thioether (sulfide) groups is 1. The van der Waals surface area contributed by atoms with Gasteiger partial charge in [0.15, 0.2) is 0 Å². The summed E-state index contributed by atoms with van der Waals surface area (Å²) in [5.41, 5.74) is 0. The average Bonchev–Trinajstić information content (AvgIpc) is 2.33. The number of carbonyl (C=O) groups is 1. The monoisotopic (exact) mass is 222 g/mol. The van der Waals surface area contributed by atoms with Gasteiger partial charge in [-0.3, -0.25) is 0 Å². The zero-order valence-electron chi connectivity index (χ0n) is 6.09. The summed E-state index contributed by atoms with van der Waals surface area (Å²) >= 11 is 2.16. The standard InChI is InChI=1S/C7H10OSSe/c1-6-3-4-7(5-8,9-6)10-2/h3,5H,4H2,1-2H3. The Labute approximate surface area is 71.8 Å². The Morgan fingerprint density at radius 1 is 1.90 bits per heavy atom. The van der Waals surface area contributed by atoms with E-state index in [2.05, 4.69) is 18.8 Å². The van der Waals surface area contributed by atoms with Crippen LogP contribution in [0.3, 0.4) is 0 Å². The van der Waals surface area contributed by atoms with Gasteiger partial charge < -0.3 is 0 Å².